The first-order valence-electron chi connectivity index (χ1n) is 8.07. The molecule has 3 heterocycles. The summed E-state index contributed by atoms with van der Waals surface area (Å²) in [6.45, 7) is 2.02. The number of hydrazine groups is 3. The van der Waals surface area contributed by atoms with Gasteiger partial charge in [-0.25, -0.2) is 15.6 Å². The number of carbonyl (C=O) groups is 1. The summed E-state index contributed by atoms with van der Waals surface area (Å²) in [7, 11) is 0. The van der Waals surface area contributed by atoms with Crippen LogP contribution in [-0.2, 0) is 9.53 Å². The van der Waals surface area contributed by atoms with Crippen molar-refractivity contribution in [3.05, 3.63) is 41.6 Å². The molecule has 2 aliphatic heterocycles. The van der Waals surface area contributed by atoms with Gasteiger partial charge in [0.05, 0.1) is 12.2 Å². The van der Waals surface area contributed by atoms with Gasteiger partial charge in [-0.1, -0.05) is 17.2 Å². The summed E-state index contributed by atoms with van der Waals surface area (Å²) in [4.78, 5) is 12.1. The SMILES string of the molecule is CCOC(=O)C1=CNc2nnnn2C1c1ccc(O)cc1.NC1NNNN1. The maximum absolute atomic E-state index is 12.1. The molecule has 27 heavy (non-hydrogen) atoms. The molecule has 13 heteroatoms. The van der Waals surface area contributed by atoms with Crippen LogP contribution in [0.5, 0.6) is 5.75 Å². The Kier molecular flexibility index (Phi) is 5.90. The maximum Gasteiger partial charge on any atom is 0.338 e. The fraction of sp³-hybridized carbons (Fsp3) is 0.286. The first-order chi connectivity index (χ1) is 13.1. The van der Waals surface area contributed by atoms with E-state index < -0.39 is 12.0 Å². The molecule has 2 aliphatic rings. The van der Waals surface area contributed by atoms with Crippen LogP contribution in [0.2, 0.25) is 0 Å². The van der Waals surface area contributed by atoms with E-state index in [9.17, 15) is 9.90 Å². The lowest BCUT2D eigenvalue weighted by atomic mass is 9.98. The average Bonchev–Trinajstić information content (AvgIpc) is 3.33. The number of hydrogen-bond acceptors (Lipinski definition) is 12. The summed E-state index contributed by atoms with van der Waals surface area (Å²) in [5.74, 6) is 0.136. The van der Waals surface area contributed by atoms with Crippen LogP contribution in [0.25, 0.3) is 0 Å². The molecule has 2 aromatic rings. The molecule has 1 fully saturated rings. The van der Waals surface area contributed by atoms with Gasteiger partial charge in [0, 0.05) is 6.20 Å². The molecular weight excluding hydrogens is 356 g/mol. The van der Waals surface area contributed by atoms with Crippen molar-refractivity contribution in [1.82, 2.24) is 42.1 Å². The highest BCUT2D eigenvalue weighted by atomic mass is 16.5. The minimum atomic E-state index is -0.504. The number of phenolic OH excluding ortho intramolecular Hbond substituents is 1. The standard InChI is InChI=1S/C13H13N5O3.CH7N5/c1-2-21-12(20)10-7-14-13-15-16-17-18(13)11(10)8-3-5-9(19)6-4-8;2-1-3-5-6-4-1/h3-7,11,19H,2H2,1H3,(H,14,15,17);1,3-6H,2H2. The second-order valence-electron chi connectivity index (χ2n) is 5.42. The van der Waals surface area contributed by atoms with Crippen molar-refractivity contribution in [2.24, 2.45) is 5.73 Å². The Morgan fingerprint density at radius 2 is 2.00 bits per heavy atom. The maximum atomic E-state index is 12.1. The summed E-state index contributed by atoms with van der Waals surface area (Å²) in [6, 6.07) is 6.01. The van der Waals surface area contributed by atoms with Crippen LogP contribution in [0.1, 0.15) is 18.5 Å². The number of fused-ring (bicyclic) bond motifs is 1. The monoisotopic (exact) mass is 376 g/mol. The van der Waals surface area contributed by atoms with Crippen LogP contribution < -0.4 is 33.0 Å². The molecule has 4 rings (SSSR count). The number of aromatic hydroxyl groups is 1. The van der Waals surface area contributed by atoms with E-state index in [2.05, 4.69) is 42.8 Å². The number of benzene rings is 1. The Hall–Kier alpha value is -3.10. The average molecular weight is 376 g/mol. The lowest BCUT2D eigenvalue weighted by Crippen LogP contribution is -2.42. The van der Waals surface area contributed by atoms with Crippen LogP contribution in [0.3, 0.4) is 0 Å². The van der Waals surface area contributed by atoms with Crippen molar-refractivity contribution < 1.29 is 14.6 Å². The predicted octanol–water partition coefficient (Wildman–Crippen LogP) is -1.81. The molecule has 1 aromatic heterocycles. The van der Waals surface area contributed by atoms with Gasteiger partial charge in [-0.15, -0.1) is 0 Å². The van der Waals surface area contributed by atoms with Crippen molar-refractivity contribution in [2.45, 2.75) is 19.3 Å². The van der Waals surface area contributed by atoms with Crippen LogP contribution in [0.15, 0.2) is 36.0 Å². The number of anilines is 1. The first kappa shape index (κ1) is 18.7. The third-order valence-electron chi connectivity index (χ3n) is 3.63. The van der Waals surface area contributed by atoms with E-state index in [1.165, 1.54) is 4.68 Å². The van der Waals surface area contributed by atoms with Gasteiger partial charge in [-0.3, -0.25) is 0 Å². The molecule has 0 saturated carbocycles. The van der Waals surface area contributed by atoms with E-state index in [-0.39, 0.29) is 18.6 Å². The van der Waals surface area contributed by atoms with Crippen molar-refractivity contribution in [1.29, 1.82) is 0 Å². The number of rotatable bonds is 3. The van der Waals surface area contributed by atoms with Gasteiger partial charge < -0.3 is 20.9 Å². The molecule has 0 spiro atoms. The summed E-state index contributed by atoms with van der Waals surface area (Å²) in [5, 5.41) is 23.6. The number of ether oxygens (including phenoxy) is 1. The number of phenols is 1. The summed E-state index contributed by atoms with van der Waals surface area (Å²) < 4.78 is 6.57. The van der Waals surface area contributed by atoms with Gasteiger partial charge in [0.2, 0.25) is 5.95 Å². The lowest BCUT2D eigenvalue weighted by molar-refractivity contribution is -0.139. The molecule has 1 saturated heterocycles. The Morgan fingerprint density at radius 3 is 2.59 bits per heavy atom. The quantitative estimate of drug-likeness (QED) is 0.299. The Balaban J connectivity index is 0.000000299. The minimum Gasteiger partial charge on any atom is -0.508 e. The Labute approximate surface area is 153 Å². The summed E-state index contributed by atoms with van der Waals surface area (Å²) in [6.07, 6.45) is 1.37. The second-order valence-corrected chi connectivity index (χ2v) is 5.42. The van der Waals surface area contributed by atoms with Gasteiger partial charge in [0.1, 0.15) is 18.1 Å². The van der Waals surface area contributed by atoms with Gasteiger partial charge >= 0.3 is 5.97 Å². The fourth-order valence-electron chi connectivity index (χ4n) is 2.44. The smallest absolute Gasteiger partial charge is 0.338 e. The van der Waals surface area contributed by atoms with Crippen molar-refractivity contribution in [3.63, 3.8) is 0 Å². The number of carbonyl (C=O) groups excluding carboxylic acids is 1. The molecule has 0 aliphatic carbocycles. The highest BCUT2D eigenvalue weighted by Gasteiger charge is 2.32. The van der Waals surface area contributed by atoms with E-state index in [0.29, 0.717) is 11.5 Å². The van der Waals surface area contributed by atoms with E-state index in [0.717, 1.165) is 5.56 Å². The number of aromatic nitrogens is 4. The van der Waals surface area contributed by atoms with Crippen LogP contribution in [0, 0.1) is 0 Å². The molecule has 13 nitrogen and oxygen atoms in total. The largest absolute Gasteiger partial charge is 0.508 e. The molecule has 0 bridgehead atoms. The predicted molar refractivity (Wildman–Crippen MR) is 92.9 cm³/mol. The first-order valence-corrected chi connectivity index (χ1v) is 8.07. The second kappa shape index (κ2) is 8.52. The summed E-state index contributed by atoms with van der Waals surface area (Å²) in [5.41, 5.74) is 16.7. The molecule has 1 unspecified atom stereocenters. The van der Waals surface area contributed by atoms with Crippen molar-refractivity contribution in [2.75, 3.05) is 11.9 Å². The zero-order valence-electron chi connectivity index (χ0n) is 14.4. The van der Waals surface area contributed by atoms with Gasteiger partial charge in [-0.05, 0) is 35.0 Å². The van der Waals surface area contributed by atoms with Gasteiger partial charge in [0.25, 0.3) is 0 Å². The molecule has 0 amide bonds. The number of nitrogens with two attached hydrogens (primary N) is 1. The highest BCUT2D eigenvalue weighted by molar-refractivity contribution is 5.91. The lowest BCUT2D eigenvalue weighted by Gasteiger charge is -2.24. The number of nitrogens with one attached hydrogen (secondary N) is 5. The van der Waals surface area contributed by atoms with E-state index in [4.69, 9.17) is 10.5 Å². The zero-order valence-corrected chi connectivity index (χ0v) is 14.4. The minimum absolute atomic E-state index is 0.145. The number of hydrogen-bond donors (Lipinski definition) is 7. The summed E-state index contributed by atoms with van der Waals surface area (Å²) >= 11 is 0. The van der Waals surface area contributed by atoms with Crippen molar-refractivity contribution >= 4 is 11.9 Å². The molecule has 144 valence electrons. The molecule has 1 aromatic carbocycles. The van der Waals surface area contributed by atoms with E-state index in [1.807, 2.05) is 0 Å². The number of nitrogens with zero attached hydrogens (tertiary/aromatic N) is 4. The topological polar surface area (TPSA) is 176 Å². The molecule has 8 N–H and O–H groups in total. The van der Waals surface area contributed by atoms with Crippen LogP contribution in [-0.4, -0.2) is 44.2 Å². The van der Waals surface area contributed by atoms with Gasteiger partial charge in [0.15, 0.2) is 0 Å². The molecule has 1 atom stereocenters. The third kappa shape index (κ3) is 4.36. The normalized spacial score (nSPS) is 18.6. The van der Waals surface area contributed by atoms with Gasteiger partial charge in [-0.2, -0.15) is 15.8 Å². The van der Waals surface area contributed by atoms with Crippen LogP contribution >= 0.6 is 0 Å². The van der Waals surface area contributed by atoms with Crippen LogP contribution in [0.4, 0.5) is 5.95 Å². The molecule has 0 radical (unpaired) electrons. The van der Waals surface area contributed by atoms with Crippen molar-refractivity contribution in [3.8, 4) is 5.75 Å². The fourth-order valence-corrected chi connectivity index (χ4v) is 2.44. The third-order valence-corrected chi connectivity index (χ3v) is 3.63. The zero-order chi connectivity index (χ0) is 19.2. The Morgan fingerprint density at radius 1 is 1.30 bits per heavy atom. The number of tetrazole rings is 1. The molecular formula is C14H20N10O3. The highest BCUT2D eigenvalue weighted by Crippen LogP contribution is 2.32. The Bertz CT molecular complexity index is 800. The number of esters is 1. The van der Waals surface area contributed by atoms with E-state index >= 15 is 0 Å². The van der Waals surface area contributed by atoms with E-state index in [1.54, 1.807) is 37.4 Å².